The molecule has 0 spiro atoms. The molecule has 1 aromatic heterocycles. The Kier molecular flexibility index (Phi) is 8.75. The molecule has 0 saturated heterocycles. The van der Waals surface area contributed by atoms with Gasteiger partial charge in [-0.3, -0.25) is 4.79 Å². The molecule has 1 N–H and O–H groups in total. The number of hydrogen-bond acceptors (Lipinski definition) is 3. The third-order valence-corrected chi connectivity index (χ3v) is 5.62. The quantitative estimate of drug-likeness (QED) is 0.479. The van der Waals surface area contributed by atoms with Crippen LogP contribution in [0.15, 0.2) is 24.3 Å². The second-order valence-corrected chi connectivity index (χ2v) is 7.67. The number of thiazole rings is 1. The number of benzene rings is 1. The van der Waals surface area contributed by atoms with Gasteiger partial charge in [0.25, 0.3) is 5.91 Å². The van der Waals surface area contributed by atoms with Crippen molar-refractivity contribution in [1.29, 1.82) is 0 Å². The number of rotatable bonds is 11. The number of nitrogens with zero attached hydrogens (tertiary/aromatic N) is 1. The highest BCUT2D eigenvalue weighted by Crippen LogP contribution is 2.28. The van der Waals surface area contributed by atoms with Gasteiger partial charge in [0.05, 0.1) is 5.69 Å². The van der Waals surface area contributed by atoms with E-state index in [4.69, 9.17) is 0 Å². The summed E-state index contributed by atoms with van der Waals surface area (Å²) >= 11 is 1.36. The molecule has 1 aromatic carbocycles. The largest absolute Gasteiger partial charge is 0.351 e. The predicted molar refractivity (Wildman–Crippen MR) is 107 cm³/mol. The van der Waals surface area contributed by atoms with Crippen LogP contribution in [0.4, 0.5) is 4.39 Å². The van der Waals surface area contributed by atoms with E-state index in [1.165, 1.54) is 62.0 Å². The van der Waals surface area contributed by atoms with Crippen molar-refractivity contribution in [2.75, 3.05) is 6.54 Å². The Morgan fingerprint density at radius 3 is 2.31 bits per heavy atom. The molecule has 26 heavy (non-hydrogen) atoms. The Morgan fingerprint density at radius 1 is 1.04 bits per heavy atom. The van der Waals surface area contributed by atoms with E-state index in [2.05, 4.69) is 17.2 Å². The fourth-order valence-corrected chi connectivity index (χ4v) is 3.85. The smallest absolute Gasteiger partial charge is 0.263 e. The summed E-state index contributed by atoms with van der Waals surface area (Å²) in [4.78, 5) is 17.5. The molecule has 1 heterocycles. The summed E-state index contributed by atoms with van der Waals surface area (Å²) in [5, 5.41) is 3.75. The lowest BCUT2D eigenvalue weighted by molar-refractivity contribution is 0.0956. The summed E-state index contributed by atoms with van der Waals surface area (Å²) in [6.45, 7) is 4.78. The van der Waals surface area contributed by atoms with Gasteiger partial charge < -0.3 is 5.32 Å². The lowest BCUT2D eigenvalue weighted by atomic mass is 10.1. The van der Waals surface area contributed by atoms with E-state index in [1.807, 2.05) is 6.92 Å². The summed E-state index contributed by atoms with van der Waals surface area (Å²) in [7, 11) is 0. The number of aromatic nitrogens is 1. The molecular formula is C21H29FN2OS. The van der Waals surface area contributed by atoms with Crippen molar-refractivity contribution in [2.45, 2.75) is 65.2 Å². The van der Waals surface area contributed by atoms with E-state index < -0.39 is 0 Å². The Morgan fingerprint density at radius 2 is 1.65 bits per heavy atom. The first kappa shape index (κ1) is 20.6. The van der Waals surface area contributed by atoms with Crippen LogP contribution in [0.3, 0.4) is 0 Å². The van der Waals surface area contributed by atoms with Crippen LogP contribution in [0.25, 0.3) is 10.6 Å². The molecule has 3 nitrogen and oxygen atoms in total. The molecule has 0 aliphatic rings. The fraction of sp³-hybridized carbons (Fsp3) is 0.524. The van der Waals surface area contributed by atoms with E-state index in [0.29, 0.717) is 11.4 Å². The molecule has 0 bridgehead atoms. The molecular weight excluding hydrogens is 347 g/mol. The van der Waals surface area contributed by atoms with E-state index in [0.717, 1.165) is 29.1 Å². The number of amides is 1. The normalized spacial score (nSPS) is 10.9. The van der Waals surface area contributed by atoms with Gasteiger partial charge in [-0.05, 0) is 37.6 Å². The highest BCUT2D eigenvalue weighted by Gasteiger charge is 2.15. The van der Waals surface area contributed by atoms with Crippen molar-refractivity contribution < 1.29 is 9.18 Å². The number of hydrogen-bond donors (Lipinski definition) is 1. The summed E-state index contributed by atoms with van der Waals surface area (Å²) < 4.78 is 13.0. The Hall–Kier alpha value is -1.75. The minimum absolute atomic E-state index is 0.0590. The standard InChI is InChI=1S/C21H29FN2OS/c1-3-4-5-6-7-8-9-10-15-23-20(25)19-16(2)24-21(26-19)17-11-13-18(22)14-12-17/h11-14H,3-10,15H2,1-2H3,(H,23,25). The summed E-state index contributed by atoms with van der Waals surface area (Å²) in [5.74, 6) is -0.332. The minimum Gasteiger partial charge on any atom is -0.351 e. The zero-order valence-corrected chi connectivity index (χ0v) is 16.6. The van der Waals surface area contributed by atoms with E-state index in [-0.39, 0.29) is 11.7 Å². The van der Waals surface area contributed by atoms with Crippen LogP contribution in [0.5, 0.6) is 0 Å². The van der Waals surface area contributed by atoms with Crippen LogP contribution >= 0.6 is 11.3 Å². The summed E-state index contributed by atoms with van der Waals surface area (Å²) in [5.41, 5.74) is 1.56. The zero-order chi connectivity index (χ0) is 18.8. The van der Waals surface area contributed by atoms with Crippen molar-refractivity contribution >= 4 is 17.2 Å². The van der Waals surface area contributed by atoms with Gasteiger partial charge >= 0.3 is 0 Å². The third-order valence-electron chi connectivity index (χ3n) is 4.41. The van der Waals surface area contributed by atoms with E-state index in [1.54, 1.807) is 12.1 Å². The molecule has 2 rings (SSSR count). The molecule has 142 valence electrons. The van der Waals surface area contributed by atoms with Crippen molar-refractivity contribution in [3.05, 3.63) is 40.7 Å². The summed E-state index contributed by atoms with van der Waals surface area (Å²) in [6, 6.07) is 6.20. The first-order valence-electron chi connectivity index (χ1n) is 9.63. The highest BCUT2D eigenvalue weighted by atomic mass is 32.1. The van der Waals surface area contributed by atoms with Crippen LogP contribution in [0, 0.1) is 12.7 Å². The third kappa shape index (κ3) is 6.52. The van der Waals surface area contributed by atoms with Gasteiger partial charge in [0.2, 0.25) is 0 Å². The van der Waals surface area contributed by atoms with Gasteiger partial charge in [0.1, 0.15) is 15.7 Å². The van der Waals surface area contributed by atoms with Gasteiger partial charge in [-0.15, -0.1) is 11.3 Å². The van der Waals surface area contributed by atoms with Gasteiger partial charge in [0.15, 0.2) is 0 Å². The molecule has 1 amide bonds. The molecule has 0 aliphatic heterocycles. The first-order chi connectivity index (χ1) is 12.6. The number of nitrogens with one attached hydrogen (secondary N) is 1. The Bertz CT molecular complexity index is 682. The molecule has 0 unspecified atom stereocenters. The van der Waals surface area contributed by atoms with E-state index >= 15 is 0 Å². The zero-order valence-electron chi connectivity index (χ0n) is 15.8. The Labute approximate surface area is 160 Å². The molecule has 0 atom stereocenters. The van der Waals surface area contributed by atoms with Gasteiger partial charge in [-0.1, -0.05) is 51.9 Å². The van der Waals surface area contributed by atoms with Crippen molar-refractivity contribution in [3.63, 3.8) is 0 Å². The van der Waals surface area contributed by atoms with Crippen LogP contribution in [-0.2, 0) is 0 Å². The van der Waals surface area contributed by atoms with E-state index in [9.17, 15) is 9.18 Å². The minimum atomic E-state index is -0.273. The number of halogens is 1. The van der Waals surface area contributed by atoms with Crippen LogP contribution in [-0.4, -0.2) is 17.4 Å². The molecule has 0 aliphatic carbocycles. The van der Waals surface area contributed by atoms with Gasteiger partial charge in [-0.25, -0.2) is 9.37 Å². The lowest BCUT2D eigenvalue weighted by Gasteiger charge is -2.04. The predicted octanol–water partition coefficient (Wildman–Crippen LogP) is 6.13. The maximum Gasteiger partial charge on any atom is 0.263 e. The molecule has 2 aromatic rings. The topological polar surface area (TPSA) is 42.0 Å². The maximum atomic E-state index is 13.0. The second kappa shape index (κ2) is 11.1. The van der Waals surface area contributed by atoms with Crippen LogP contribution in [0.1, 0.15) is 73.7 Å². The average molecular weight is 377 g/mol. The number of carbonyl (C=O) groups excluding carboxylic acids is 1. The molecule has 0 fully saturated rings. The molecule has 0 saturated carbocycles. The molecule has 0 radical (unpaired) electrons. The Balaban J connectivity index is 1.73. The van der Waals surface area contributed by atoms with Gasteiger partial charge in [0, 0.05) is 12.1 Å². The second-order valence-electron chi connectivity index (χ2n) is 6.67. The maximum absolute atomic E-state index is 13.0. The van der Waals surface area contributed by atoms with Crippen molar-refractivity contribution in [3.8, 4) is 10.6 Å². The van der Waals surface area contributed by atoms with Crippen molar-refractivity contribution in [1.82, 2.24) is 10.3 Å². The number of carbonyl (C=O) groups is 1. The fourth-order valence-electron chi connectivity index (χ4n) is 2.86. The number of aryl methyl sites for hydroxylation is 1. The number of unbranched alkanes of at least 4 members (excludes halogenated alkanes) is 7. The monoisotopic (exact) mass is 376 g/mol. The first-order valence-corrected chi connectivity index (χ1v) is 10.4. The molecule has 5 heteroatoms. The van der Waals surface area contributed by atoms with Gasteiger partial charge in [-0.2, -0.15) is 0 Å². The van der Waals surface area contributed by atoms with Crippen LogP contribution < -0.4 is 5.32 Å². The summed E-state index contributed by atoms with van der Waals surface area (Å²) in [6.07, 6.45) is 10.0. The average Bonchev–Trinajstić information content (AvgIpc) is 3.02. The highest BCUT2D eigenvalue weighted by molar-refractivity contribution is 7.17. The van der Waals surface area contributed by atoms with Crippen LogP contribution in [0.2, 0.25) is 0 Å². The SMILES string of the molecule is CCCCCCCCCCNC(=O)c1sc(-c2ccc(F)cc2)nc1C. The lowest BCUT2D eigenvalue weighted by Crippen LogP contribution is -2.24. The van der Waals surface area contributed by atoms with Crippen molar-refractivity contribution in [2.24, 2.45) is 0 Å².